The number of ether oxygens (including phenoxy) is 1. The Morgan fingerprint density at radius 2 is 2.19 bits per heavy atom. The second-order valence-electron chi connectivity index (χ2n) is 5.47. The van der Waals surface area contributed by atoms with E-state index in [0.717, 1.165) is 6.42 Å². The second-order valence-corrected chi connectivity index (χ2v) is 5.47. The molecule has 21 heavy (non-hydrogen) atoms. The molecule has 1 aliphatic rings. The number of rotatable bonds is 2. The molecule has 110 valence electrons. The van der Waals surface area contributed by atoms with Crippen molar-refractivity contribution in [3.8, 4) is 12.3 Å². The lowest BCUT2D eigenvalue weighted by atomic mass is 9.90. The van der Waals surface area contributed by atoms with Crippen molar-refractivity contribution in [2.75, 3.05) is 11.5 Å². The highest BCUT2D eigenvalue weighted by molar-refractivity contribution is 5.97. The van der Waals surface area contributed by atoms with Crippen molar-refractivity contribution in [1.29, 1.82) is 0 Å². The number of nitrogens with zero attached hydrogens (tertiary/aromatic N) is 3. The minimum absolute atomic E-state index is 0.0267. The van der Waals surface area contributed by atoms with Crippen LogP contribution in [0.25, 0.3) is 11.0 Å². The molecule has 0 aliphatic carbocycles. The molecule has 4 N–H and O–H groups in total. The van der Waals surface area contributed by atoms with Crippen molar-refractivity contribution in [2.45, 2.75) is 32.6 Å². The number of hydrogen-bond donors (Lipinski definition) is 2. The number of nitrogen functional groups attached to an aromatic ring is 2. The van der Waals surface area contributed by atoms with E-state index in [9.17, 15) is 0 Å². The van der Waals surface area contributed by atoms with Crippen LogP contribution in [-0.2, 0) is 4.74 Å². The molecule has 1 fully saturated rings. The Labute approximate surface area is 123 Å². The molecular weight excluding hydrogens is 266 g/mol. The first kappa shape index (κ1) is 13.7. The molecule has 3 rings (SSSR count). The van der Waals surface area contributed by atoms with Crippen LogP contribution in [0.3, 0.4) is 0 Å². The molecular formula is C15H19N5O. The lowest BCUT2D eigenvalue weighted by molar-refractivity contribution is -0.00826. The summed E-state index contributed by atoms with van der Waals surface area (Å²) in [6.07, 6.45) is 9.71. The van der Waals surface area contributed by atoms with E-state index < -0.39 is 0 Å². The van der Waals surface area contributed by atoms with E-state index in [0.29, 0.717) is 22.5 Å². The van der Waals surface area contributed by atoms with Crippen molar-refractivity contribution in [3.05, 3.63) is 12.5 Å². The lowest BCUT2D eigenvalue weighted by Crippen LogP contribution is -2.17. The van der Waals surface area contributed by atoms with E-state index in [2.05, 4.69) is 29.7 Å². The van der Waals surface area contributed by atoms with Gasteiger partial charge in [0.1, 0.15) is 24.0 Å². The summed E-state index contributed by atoms with van der Waals surface area (Å²) in [4.78, 5) is 8.28. The molecule has 0 amide bonds. The van der Waals surface area contributed by atoms with Gasteiger partial charge in [-0.2, -0.15) is 0 Å². The van der Waals surface area contributed by atoms with Gasteiger partial charge in [-0.3, -0.25) is 0 Å². The van der Waals surface area contributed by atoms with Crippen LogP contribution in [0.15, 0.2) is 12.5 Å². The van der Waals surface area contributed by atoms with Crippen molar-refractivity contribution in [1.82, 2.24) is 14.5 Å². The Morgan fingerprint density at radius 3 is 2.86 bits per heavy atom. The van der Waals surface area contributed by atoms with Crippen LogP contribution in [0.2, 0.25) is 0 Å². The summed E-state index contributed by atoms with van der Waals surface area (Å²) in [5, 5.41) is 0.657. The average molecular weight is 285 g/mol. The summed E-state index contributed by atoms with van der Waals surface area (Å²) in [6, 6.07) is 0. The van der Waals surface area contributed by atoms with E-state index in [1.165, 1.54) is 6.33 Å². The predicted molar refractivity (Wildman–Crippen MR) is 82.0 cm³/mol. The van der Waals surface area contributed by atoms with E-state index in [1.54, 1.807) is 6.20 Å². The van der Waals surface area contributed by atoms with Crippen molar-refractivity contribution >= 4 is 22.5 Å². The van der Waals surface area contributed by atoms with E-state index in [-0.39, 0.29) is 24.2 Å². The third-order valence-electron chi connectivity index (χ3n) is 4.31. The van der Waals surface area contributed by atoms with Gasteiger partial charge in [-0.25, -0.2) is 9.97 Å². The van der Waals surface area contributed by atoms with E-state index in [4.69, 9.17) is 22.6 Å². The highest BCUT2D eigenvalue weighted by atomic mass is 16.5. The zero-order chi connectivity index (χ0) is 15.1. The molecule has 1 aliphatic heterocycles. The standard InChI is InChI=1S/C15H19N5O/c1-4-9-8(3)11(5-2)21-15(9)20-6-10(16)12-13(17)18-7-19-14(12)20/h1,6-9,11,15H,5,16H2,2-3H3,(H2,17,18,19). The highest BCUT2D eigenvalue weighted by Crippen LogP contribution is 2.42. The maximum atomic E-state index is 6.14. The number of terminal acetylenes is 1. The summed E-state index contributed by atoms with van der Waals surface area (Å²) in [7, 11) is 0. The van der Waals surface area contributed by atoms with Gasteiger partial charge in [-0.15, -0.1) is 6.42 Å². The molecule has 0 saturated carbocycles. The van der Waals surface area contributed by atoms with Gasteiger partial charge in [0, 0.05) is 12.1 Å². The number of nitrogens with two attached hydrogens (primary N) is 2. The van der Waals surface area contributed by atoms with Gasteiger partial charge in [-0.05, 0) is 6.42 Å². The van der Waals surface area contributed by atoms with Gasteiger partial charge in [0.15, 0.2) is 0 Å². The monoisotopic (exact) mass is 285 g/mol. The SMILES string of the molecule is C#CC1C(C)C(CC)OC1n1cc(N)c2c(N)ncnc21. The van der Waals surface area contributed by atoms with Crippen LogP contribution >= 0.6 is 0 Å². The molecule has 2 aromatic heterocycles. The minimum atomic E-state index is -0.274. The molecule has 1 saturated heterocycles. The smallest absolute Gasteiger partial charge is 0.149 e. The van der Waals surface area contributed by atoms with Gasteiger partial charge < -0.3 is 20.8 Å². The van der Waals surface area contributed by atoms with Crippen molar-refractivity contribution < 1.29 is 4.74 Å². The normalized spacial score (nSPS) is 28.8. The summed E-state index contributed by atoms with van der Waals surface area (Å²) < 4.78 is 8.03. The minimum Gasteiger partial charge on any atom is -0.397 e. The van der Waals surface area contributed by atoms with Crippen LogP contribution in [0, 0.1) is 24.2 Å². The van der Waals surface area contributed by atoms with Crippen LogP contribution in [0.5, 0.6) is 0 Å². The van der Waals surface area contributed by atoms with Gasteiger partial charge in [0.05, 0.1) is 23.1 Å². The van der Waals surface area contributed by atoms with Crippen LogP contribution in [0.4, 0.5) is 11.5 Å². The number of aromatic nitrogens is 3. The maximum absolute atomic E-state index is 6.14. The Kier molecular flexibility index (Phi) is 3.22. The van der Waals surface area contributed by atoms with E-state index in [1.807, 2.05) is 4.57 Å². The predicted octanol–water partition coefficient (Wildman–Crippen LogP) is 1.79. The number of hydrogen-bond acceptors (Lipinski definition) is 5. The van der Waals surface area contributed by atoms with Gasteiger partial charge in [0.2, 0.25) is 0 Å². The lowest BCUT2D eigenvalue weighted by Gasteiger charge is -2.18. The molecule has 6 nitrogen and oxygen atoms in total. The van der Waals surface area contributed by atoms with Gasteiger partial charge in [0.25, 0.3) is 0 Å². The largest absolute Gasteiger partial charge is 0.397 e. The summed E-state index contributed by atoms with van der Waals surface area (Å²) in [6.45, 7) is 4.22. The number of fused-ring (bicyclic) bond motifs is 1. The van der Waals surface area contributed by atoms with Crippen LogP contribution < -0.4 is 11.5 Å². The molecule has 0 aromatic carbocycles. The Bertz CT molecular complexity index is 717. The van der Waals surface area contributed by atoms with Gasteiger partial charge in [-0.1, -0.05) is 19.8 Å². The Hall–Kier alpha value is -2.26. The fourth-order valence-electron chi connectivity index (χ4n) is 3.15. The molecule has 6 heteroatoms. The second kappa shape index (κ2) is 4.93. The Morgan fingerprint density at radius 1 is 1.43 bits per heavy atom. The maximum Gasteiger partial charge on any atom is 0.149 e. The number of anilines is 2. The average Bonchev–Trinajstić information content (AvgIpc) is 2.97. The zero-order valence-corrected chi connectivity index (χ0v) is 12.2. The first-order chi connectivity index (χ1) is 10.1. The molecule has 2 aromatic rings. The molecule has 3 heterocycles. The van der Waals surface area contributed by atoms with E-state index >= 15 is 0 Å². The van der Waals surface area contributed by atoms with Crippen molar-refractivity contribution in [2.24, 2.45) is 11.8 Å². The van der Waals surface area contributed by atoms with Crippen LogP contribution in [0.1, 0.15) is 26.5 Å². The van der Waals surface area contributed by atoms with Crippen molar-refractivity contribution in [3.63, 3.8) is 0 Å². The topological polar surface area (TPSA) is 92.0 Å². The third kappa shape index (κ3) is 1.93. The molecule has 0 radical (unpaired) electrons. The zero-order valence-electron chi connectivity index (χ0n) is 12.2. The van der Waals surface area contributed by atoms with Gasteiger partial charge >= 0.3 is 0 Å². The summed E-state index contributed by atoms with van der Waals surface area (Å²) in [5.74, 6) is 3.47. The highest BCUT2D eigenvalue weighted by Gasteiger charge is 2.41. The fraction of sp³-hybridized carbons (Fsp3) is 0.467. The quantitative estimate of drug-likeness (QED) is 0.821. The molecule has 0 spiro atoms. The molecule has 4 unspecified atom stereocenters. The molecule has 4 atom stereocenters. The Balaban J connectivity index is 2.13. The third-order valence-corrected chi connectivity index (χ3v) is 4.31. The first-order valence-electron chi connectivity index (χ1n) is 7.06. The summed E-state index contributed by atoms with van der Waals surface area (Å²) in [5.41, 5.74) is 13.1. The molecule has 0 bridgehead atoms. The summed E-state index contributed by atoms with van der Waals surface area (Å²) >= 11 is 0. The first-order valence-corrected chi connectivity index (χ1v) is 7.06. The van der Waals surface area contributed by atoms with Crippen LogP contribution in [-0.4, -0.2) is 20.6 Å². The fourth-order valence-corrected chi connectivity index (χ4v) is 3.15.